The molecule has 0 radical (unpaired) electrons. The number of carboxylic acids is 1. The number of rotatable bonds is 13. The summed E-state index contributed by atoms with van der Waals surface area (Å²) in [6, 6.07) is 4.06. The molecule has 18 heteroatoms. The summed E-state index contributed by atoms with van der Waals surface area (Å²) in [7, 11) is 0. The van der Waals surface area contributed by atoms with E-state index in [2.05, 4.69) is 10.6 Å². The summed E-state index contributed by atoms with van der Waals surface area (Å²) in [6.45, 7) is 1.87. The van der Waals surface area contributed by atoms with Crippen LogP contribution in [0.25, 0.3) is 0 Å². The fourth-order valence-electron chi connectivity index (χ4n) is 3.96. The smallest absolute Gasteiger partial charge is 0.426 e. The third-order valence-corrected chi connectivity index (χ3v) is 6.39. The zero-order valence-corrected chi connectivity index (χ0v) is 22.7. The minimum Gasteiger partial charge on any atom is -0.480 e. The number of carbonyl (C=O) groups is 6. The summed E-state index contributed by atoms with van der Waals surface area (Å²) in [4.78, 5) is 73.7. The number of benzene rings is 1. The number of aliphatic carboxylic acids is 1. The van der Waals surface area contributed by atoms with Crippen LogP contribution in [-0.4, -0.2) is 93.2 Å². The Morgan fingerprint density at radius 1 is 0.884 bits per heavy atom. The number of imide groups is 1. The van der Waals surface area contributed by atoms with Gasteiger partial charge in [0.1, 0.15) is 18.1 Å². The first-order valence-corrected chi connectivity index (χ1v) is 12.5. The second-order valence-electron chi connectivity index (χ2n) is 10.2. The summed E-state index contributed by atoms with van der Waals surface area (Å²) in [6.07, 6.45) is -15.5. The molecule has 0 aliphatic carbocycles. The fraction of sp³-hybridized carbons (Fsp3) is 0.520. The number of hydrogen-bond acceptors (Lipinski definition) is 7. The van der Waals surface area contributed by atoms with E-state index in [0.717, 1.165) is 4.90 Å². The van der Waals surface area contributed by atoms with Crippen LogP contribution in [0.2, 0.25) is 0 Å². The van der Waals surface area contributed by atoms with Gasteiger partial charge in [-0.25, -0.2) is 4.79 Å². The summed E-state index contributed by atoms with van der Waals surface area (Å²) in [5.74, 6) is -6.66. The monoisotopic (exact) mass is 626 g/mol. The molecule has 0 saturated carbocycles. The van der Waals surface area contributed by atoms with Crippen molar-refractivity contribution >= 4 is 35.5 Å². The summed E-state index contributed by atoms with van der Waals surface area (Å²) >= 11 is 0. The predicted octanol–water partition coefficient (Wildman–Crippen LogP) is 1.28. The van der Waals surface area contributed by atoms with E-state index in [1.54, 1.807) is 12.1 Å². The zero-order valence-electron chi connectivity index (χ0n) is 22.7. The van der Waals surface area contributed by atoms with Crippen molar-refractivity contribution < 1.29 is 65.3 Å². The lowest BCUT2D eigenvalue weighted by Gasteiger charge is -2.32. The van der Waals surface area contributed by atoms with Gasteiger partial charge in [-0.3, -0.25) is 28.9 Å². The van der Waals surface area contributed by atoms with Crippen LogP contribution in [-0.2, 0) is 19.2 Å². The van der Waals surface area contributed by atoms with Crippen LogP contribution in [0.1, 0.15) is 60.2 Å². The number of halogens is 6. The molecule has 0 fully saturated rings. The van der Waals surface area contributed by atoms with Gasteiger partial charge in [-0.05, 0) is 45.2 Å². The van der Waals surface area contributed by atoms with Gasteiger partial charge in [0.05, 0.1) is 17.5 Å². The Labute approximate surface area is 239 Å². The number of unbranched alkanes of at least 4 members (excludes halogenated alkanes) is 1. The topological polar surface area (TPSA) is 182 Å². The molecule has 43 heavy (non-hydrogen) atoms. The summed E-state index contributed by atoms with van der Waals surface area (Å²) in [5.41, 5.74) is -6.66. The van der Waals surface area contributed by atoms with Gasteiger partial charge in [-0.2, -0.15) is 26.3 Å². The van der Waals surface area contributed by atoms with Crippen molar-refractivity contribution in [2.24, 2.45) is 0 Å². The molecule has 5 amide bonds. The summed E-state index contributed by atoms with van der Waals surface area (Å²) < 4.78 is 76.7. The van der Waals surface area contributed by atoms with E-state index in [-0.39, 0.29) is 30.5 Å². The predicted molar refractivity (Wildman–Crippen MR) is 132 cm³/mol. The second kappa shape index (κ2) is 13.0. The number of carbonyl (C=O) groups excluding carboxylic acids is 5. The van der Waals surface area contributed by atoms with E-state index in [1.807, 2.05) is 0 Å². The van der Waals surface area contributed by atoms with Crippen molar-refractivity contribution in [3.63, 3.8) is 0 Å². The van der Waals surface area contributed by atoms with Crippen molar-refractivity contribution in [3.8, 4) is 0 Å². The minimum absolute atomic E-state index is 0.0412. The molecule has 12 nitrogen and oxygen atoms in total. The van der Waals surface area contributed by atoms with E-state index < -0.39 is 84.4 Å². The first-order valence-electron chi connectivity index (χ1n) is 12.5. The van der Waals surface area contributed by atoms with Crippen molar-refractivity contribution in [3.05, 3.63) is 35.4 Å². The van der Waals surface area contributed by atoms with Gasteiger partial charge in [0.2, 0.25) is 17.7 Å². The molecule has 1 aliphatic heterocycles. The highest BCUT2D eigenvalue weighted by molar-refractivity contribution is 6.22. The number of nitrogens with one attached hydrogen (secondary N) is 3. The first-order chi connectivity index (χ1) is 19.6. The van der Waals surface area contributed by atoms with E-state index in [0.29, 0.717) is 0 Å². The van der Waals surface area contributed by atoms with Crippen molar-refractivity contribution in [2.45, 2.75) is 69.1 Å². The Morgan fingerprint density at radius 3 is 1.86 bits per heavy atom. The Bertz CT molecular complexity index is 1230. The SMILES string of the molecule is CC(C)(NC(=O)CN1C(=O)c2ccccc2C1=O)C(=O)NCCCCC(NC(=O)CC(O)(C(F)(F)F)C(F)(F)F)C(=O)O. The van der Waals surface area contributed by atoms with Crippen LogP contribution in [0, 0.1) is 0 Å². The van der Waals surface area contributed by atoms with Gasteiger partial charge in [-0.1, -0.05) is 12.1 Å². The molecule has 5 N–H and O–H groups in total. The van der Waals surface area contributed by atoms with Crippen molar-refractivity contribution in [2.75, 3.05) is 13.1 Å². The van der Waals surface area contributed by atoms with Crippen LogP contribution in [0.3, 0.4) is 0 Å². The quantitative estimate of drug-likeness (QED) is 0.123. The molecule has 238 valence electrons. The number of aliphatic hydroxyl groups is 1. The van der Waals surface area contributed by atoms with E-state index in [1.165, 1.54) is 31.3 Å². The highest BCUT2D eigenvalue weighted by Crippen LogP contribution is 2.45. The molecule has 1 heterocycles. The number of fused-ring (bicyclic) bond motifs is 1. The van der Waals surface area contributed by atoms with Gasteiger partial charge >= 0.3 is 18.3 Å². The van der Waals surface area contributed by atoms with Gasteiger partial charge in [-0.15, -0.1) is 0 Å². The number of carboxylic acid groups (broad SMARTS) is 1. The molecule has 1 atom stereocenters. The lowest BCUT2D eigenvalue weighted by Crippen LogP contribution is -2.59. The second-order valence-corrected chi connectivity index (χ2v) is 10.2. The minimum atomic E-state index is -6.26. The lowest BCUT2D eigenvalue weighted by molar-refractivity contribution is -0.367. The Kier molecular flexibility index (Phi) is 10.5. The maximum absolute atomic E-state index is 12.8. The van der Waals surface area contributed by atoms with Gasteiger partial charge in [0.25, 0.3) is 17.4 Å². The van der Waals surface area contributed by atoms with Gasteiger partial charge in [0, 0.05) is 6.54 Å². The zero-order chi connectivity index (χ0) is 33.0. The average molecular weight is 627 g/mol. The first kappa shape index (κ1) is 35.0. The summed E-state index contributed by atoms with van der Waals surface area (Å²) in [5, 5.41) is 24.6. The van der Waals surface area contributed by atoms with Crippen LogP contribution in [0.4, 0.5) is 26.3 Å². The van der Waals surface area contributed by atoms with E-state index in [9.17, 15) is 60.2 Å². The maximum atomic E-state index is 12.8. The molecule has 0 saturated heterocycles. The molecule has 1 aromatic carbocycles. The number of nitrogens with zero attached hydrogens (tertiary/aromatic N) is 1. The van der Waals surface area contributed by atoms with Crippen molar-refractivity contribution in [1.29, 1.82) is 0 Å². The largest absolute Gasteiger partial charge is 0.480 e. The molecule has 1 unspecified atom stereocenters. The van der Waals surface area contributed by atoms with Crippen LogP contribution < -0.4 is 16.0 Å². The fourth-order valence-corrected chi connectivity index (χ4v) is 3.96. The molecular weight excluding hydrogens is 598 g/mol. The molecule has 1 aromatic rings. The molecule has 2 rings (SSSR count). The van der Waals surface area contributed by atoms with Gasteiger partial charge < -0.3 is 26.2 Å². The van der Waals surface area contributed by atoms with Crippen LogP contribution in [0.5, 0.6) is 0 Å². The molecule has 0 spiro atoms. The molecule has 0 aromatic heterocycles. The Morgan fingerprint density at radius 2 is 1.40 bits per heavy atom. The van der Waals surface area contributed by atoms with Crippen molar-refractivity contribution in [1.82, 2.24) is 20.9 Å². The van der Waals surface area contributed by atoms with E-state index in [4.69, 9.17) is 5.11 Å². The highest BCUT2D eigenvalue weighted by atomic mass is 19.4. The standard InChI is InChI=1S/C25H28F6N4O8/c1-22(2,34-17(37)12-35-18(38)13-7-3-4-8-14(13)19(35)39)21(42)32-10-6-5-9-15(20(40)41)33-16(36)11-23(43,24(26,27)28)25(29,30)31/h3-4,7-8,15,43H,5-6,9-12H2,1-2H3,(H,32,42)(H,33,36)(H,34,37)(H,40,41). The molecule has 0 bridgehead atoms. The van der Waals surface area contributed by atoms with Crippen LogP contribution in [0.15, 0.2) is 24.3 Å². The number of alkyl halides is 6. The van der Waals surface area contributed by atoms with Crippen LogP contribution >= 0.6 is 0 Å². The lowest BCUT2D eigenvalue weighted by atomic mass is 9.97. The Hall–Kier alpha value is -4.22. The third-order valence-electron chi connectivity index (χ3n) is 6.39. The third kappa shape index (κ3) is 8.20. The molecule has 1 aliphatic rings. The number of hydrogen-bond donors (Lipinski definition) is 5. The average Bonchev–Trinajstić information content (AvgIpc) is 3.10. The molecular formula is C25H28F6N4O8. The highest BCUT2D eigenvalue weighted by Gasteiger charge is 2.71. The maximum Gasteiger partial charge on any atom is 0.426 e. The normalized spacial score (nSPS) is 14.7. The van der Waals surface area contributed by atoms with E-state index >= 15 is 0 Å². The number of amides is 5. The Balaban J connectivity index is 1.82. The van der Waals surface area contributed by atoms with Gasteiger partial charge in [0.15, 0.2) is 0 Å².